The molecule has 0 unspecified atom stereocenters. The fraction of sp³-hybridized carbons (Fsp3) is 0.211. The van der Waals surface area contributed by atoms with Crippen LogP contribution in [0.3, 0.4) is 0 Å². The SMILES string of the molecule is Cl.Nc1ccnc2ccc(OCCCNC(=O)OCc3ccccc3)nc12. The van der Waals surface area contributed by atoms with E-state index in [0.29, 0.717) is 36.7 Å². The van der Waals surface area contributed by atoms with E-state index in [1.165, 1.54) is 0 Å². The Bertz CT molecular complexity index is 877. The predicted octanol–water partition coefficient (Wildman–Crippen LogP) is 3.33. The lowest BCUT2D eigenvalue weighted by Crippen LogP contribution is -2.26. The molecule has 1 aromatic carbocycles. The van der Waals surface area contributed by atoms with Crippen LogP contribution in [0.5, 0.6) is 5.88 Å². The molecule has 0 aliphatic carbocycles. The Labute approximate surface area is 163 Å². The van der Waals surface area contributed by atoms with Crippen molar-refractivity contribution in [3.8, 4) is 5.88 Å². The molecule has 0 bridgehead atoms. The molecule has 0 aliphatic rings. The van der Waals surface area contributed by atoms with Gasteiger partial charge in [-0.15, -0.1) is 12.4 Å². The quantitative estimate of drug-likeness (QED) is 0.602. The third kappa shape index (κ3) is 6.00. The van der Waals surface area contributed by atoms with E-state index < -0.39 is 6.09 Å². The molecule has 142 valence electrons. The topological polar surface area (TPSA) is 99.4 Å². The van der Waals surface area contributed by atoms with E-state index >= 15 is 0 Å². The van der Waals surface area contributed by atoms with E-state index in [0.717, 1.165) is 11.1 Å². The summed E-state index contributed by atoms with van der Waals surface area (Å²) in [5, 5.41) is 2.69. The summed E-state index contributed by atoms with van der Waals surface area (Å²) >= 11 is 0. The minimum Gasteiger partial charge on any atom is -0.478 e. The molecule has 3 aromatic rings. The summed E-state index contributed by atoms with van der Waals surface area (Å²) < 4.78 is 10.7. The summed E-state index contributed by atoms with van der Waals surface area (Å²) in [7, 11) is 0. The number of nitrogens with zero attached hydrogens (tertiary/aromatic N) is 2. The van der Waals surface area contributed by atoms with Gasteiger partial charge in [-0.1, -0.05) is 30.3 Å². The number of hydrogen-bond donors (Lipinski definition) is 2. The van der Waals surface area contributed by atoms with Crippen molar-refractivity contribution in [3.63, 3.8) is 0 Å². The molecule has 1 amide bonds. The van der Waals surface area contributed by atoms with Gasteiger partial charge in [-0.2, -0.15) is 0 Å². The van der Waals surface area contributed by atoms with Gasteiger partial charge in [0.2, 0.25) is 5.88 Å². The number of hydrogen-bond acceptors (Lipinski definition) is 6. The van der Waals surface area contributed by atoms with E-state index in [9.17, 15) is 4.79 Å². The second kappa shape index (κ2) is 10.2. The molecule has 3 rings (SSSR count). The van der Waals surface area contributed by atoms with Crippen molar-refractivity contribution in [2.24, 2.45) is 0 Å². The molecule has 0 radical (unpaired) electrons. The van der Waals surface area contributed by atoms with E-state index in [1.54, 1.807) is 18.3 Å². The number of pyridine rings is 2. The maximum atomic E-state index is 11.6. The average Bonchev–Trinajstić information content (AvgIpc) is 2.67. The molecule has 0 aliphatic heterocycles. The van der Waals surface area contributed by atoms with Crippen molar-refractivity contribution in [1.29, 1.82) is 0 Å². The number of nitrogens with two attached hydrogens (primary N) is 1. The summed E-state index contributed by atoms with van der Waals surface area (Å²) in [4.78, 5) is 20.2. The lowest BCUT2D eigenvalue weighted by atomic mass is 10.2. The van der Waals surface area contributed by atoms with E-state index in [4.69, 9.17) is 15.2 Å². The van der Waals surface area contributed by atoms with Gasteiger partial charge in [-0.25, -0.2) is 9.78 Å². The van der Waals surface area contributed by atoms with Crippen LogP contribution in [0.25, 0.3) is 11.0 Å². The lowest BCUT2D eigenvalue weighted by Gasteiger charge is -2.08. The van der Waals surface area contributed by atoms with Gasteiger partial charge in [-0.05, 0) is 24.1 Å². The third-order valence-corrected chi connectivity index (χ3v) is 3.64. The molecule has 0 atom stereocenters. The summed E-state index contributed by atoms with van der Waals surface area (Å²) in [6.45, 7) is 1.11. The van der Waals surface area contributed by atoms with Gasteiger partial charge in [0.1, 0.15) is 12.1 Å². The summed E-state index contributed by atoms with van der Waals surface area (Å²) in [6.07, 6.45) is 1.82. The van der Waals surface area contributed by atoms with Crippen LogP contribution in [0.4, 0.5) is 10.5 Å². The van der Waals surface area contributed by atoms with Gasteiger partial charge in [0.25, 0.3) is 0 Å². The number of nitrogen functional groups attached to an aromatic ring is 1. The van der Waals surface area contributed by atoms with Gasteiger partial charge in [-0.3, -0.25) is 4.98 Å². The highest BCUT2D eigenvalue weighted by Crippen LogP contribution is 2.19. The van der Waals surface area contributed by atoms with Crippen LogP contribution in [0.2, 0.25) is 0 Å². The Morgan fingerprint density at radius 3 is 2.74 bits per heavy atom. The Balaban J connectivity index is 0.00000261. The second-order valence-corrected chi connectivity index (χ2v) is 5.61. The number of rotatable bonds is 7. The minimum atomic E-state index is -0.448. The van der Waals surface area contributed by atoms with Crippen LogP contribution >= 0.6 is 12.4 Å². The fourth-order valence-electron chi connectivity index (χ4n) is 2.32. The van der Waals surface area contributed by atoms with Crippen molar-refractivity contribution < 1.29 is 14.3 Å². The number of carbonyl (C=O) groups excluding carboxylic acids is 1. The third-order valence-electron chi connectivity index (χ3n) is 3.64. The Hall–Kier alpha value is -3.06. The first-order valence-corrected chi connectivity index (χ1v) is 8.31. The van der Waals surface area contributed by atoms with Crippen molar-refractivity contribution >= 4 is 35.2 Å². The first-order chi connectivity index (χ1) is 12.7. The van der Waals surface area contributed by atoms with Crippen LogP contribution in [0.1, 0.15) is 12.0 Å². The monoisotopic (exact) mass is 388 g/mol. The van der Waals surface area contributed by atoms with Gasteiger partial charge in [0.05, 0.1) is 17.8 Å². The number of fused-ring (bicyclic) bond motifs is 1. The van der Waals surface area contributed by atoms with Gasteiger partial charge in [0.15, 0.2) is 0 Å². The number of ether oxygens (including phenoxy) is 2. The average molecular weight is 389 g/mol. The zero-order valence-corrected chi connectivity index (χ0v) is 15.4. The molecule has 0 fully saturated rings. The van der Waals surface area contributed by atoms with Crippen molar-refractivity contribution in [2.75, 3.05) is 18.9 Å². The van der Waals surface area contributed by atoms with Crippen LogP contribution in [0.15, 0.2) is 54.7 Å². The molecular weight excluding hydrogens is 368 g/mol. The molecule has 7 nitrogen and oxygen atoms in total. The zero-order valence-electron chi connectivity index (χ0n) is 14.6. The molecule has 27 heavy (non-hydrogen) atoms. The summed E-state index contributed by atoms with van der Waals surface area (Å²) in [6, 6.07) is 14.8. The Morgan fingerprint density at radius 2 is 1.93 bits per heavy atom. The number of halogens is 1. The second-order valence-electron chi connectivity index (χ2n) is 5.61. The highest BCUT2D eigenvalue weighted by Gasteiger charge is 2.04. The van der Waals surface area contributed by atoms with Crippen LogP contribution < -0.4 is 15.8 Å². The number of amides is 1. The maximum Gasteiger partial charge on any atom is 0.407 e. The summed E-state index contributed by atoms with van der Waals surface area (Å²) in [5.74, 6) is 0.476. The zero-order chi connectivity index (χ0) is 18.2. The smallest absolute Gasteiger partial charge is 0.407 e. The predicted molar refractivity (Wildman–Crippen MR) is 106 cm³/mol. The number of nitrogens with one attached hydrogen (secondary N) is 1. The number of aromatic nitrogens is 2. The van der Waals surface area contributed by atoms with Crippen molar-refractivity contribution in [3.05, 3.63) is 60.3 Å². The van der Waals surface area contributed by atoms with Crippen molar-refractivity contribution in [2.45, 2.75) is 13.0 Å². The van der Waals surface area contributed by atoms with Gasteiger partial charge >= 0.3 is 6.09 Å². The van der Waals surface area contributed by atoms with Gasteiger partial charge in [0, 0.05) is 18.8 Å². The Kier molecular flexibility index (Phi) is 7.63. The fourth-order valence-corrected chi connectivity index (χ4v) is 2.32. The Morgan fingerprint density at radius 1 is 1.11 bits per heavy atom. The number of carbonyl (C=O) groups is 1. The van der Waals surface area contributed by atoms with Crippen molar-refractivity contribution in [1.82, 2.24) is 15.3 Å². The van der Waals surface area contributed by atoms with E-state index in [-0.39, 0.29) is 19.0 Å². The highest BCUT2D eigenvalue weighted by molar-refractivity contribution is 5.86. The molecule has 0 saturated carbocycles. The van der Waals surface area contributed by atoms with Crippen LogP contribution in [0, 0.1) is 0 Å². The normalized spacial score (nSPS) is 10.1. The molecule has 8 heteroatoms. The summed E-state index contributed by atoms with van der Waals surface area (Å²) in [5.41, 5.74) is 8.73. The maximum absolute atomic E-state index is 11.6. The number of anilines is 1. The van der Waals surface area contributed by atoms with Crippen LogP contribution in [-0.2, 0) is 11.3 Å². The standard InChI is InChI=1S/C19H20N4O3.ClH/c20-15-9-11-21-16-7-8-17(23-18(15)16)25-12-4-10-22-19(24)26-13-14-5-2-1-3-6-14;/h1-3,5-9,11H,4,10,12-13H2,(H2,20,21)(H,22,24);1H. The van der Waals surface area contributed by atoms with Crippen LogP contribution in [-0.4, -0.2) is 29.2 Å². The molecule has 2 heterocycles. The molecule has 0 spiro atoms. The highest BCUT2D eigenvalue weighted by atomic mass is 35.5. The first kappa shape index (κ1) is 20.3. The largest absolute Gasteiger partial charge is 0.478 e. The van der Waals surface area contributed by atoms with E-state index in [2.05, 4.69) is 15.3 Å². The number of benzene rings is 1. The first-order valence-electron chi connectivity index (χ1n) is 8.31. The van der Waals surface area contributed by atoms with E-state index in [1.807, 2.05) is 36.4 Å². The molecule has 3 N–H and O–H groups in total. The minimum absolute atomic E-state index is 0. The van der Waals surface area contributed by atoms with Gasteiger partial charge < -0.3 is 20.5 Å². The number of alkyl carbamates (subject to hydrolysis) is 1. The molecule has 2 aromatic heterocycles. The molecule has 0 saturated heterocycles. The lowest BCUT2D eigenvalue weighted by molar-refractivity contribution is 0.139. The molecular formula is C19H21ClN4O3.